The molecule has 1 saturated heterocycles. The van der Waals surface area contributed by atoms with E-state index in [2.05, 4.69) is 0 Å². The Morgan fingerprint density at radius 3 is 2.06 bits per heavy atom. The van der Waals surface area contributed by atoms with Crippen LogP contribution in [0.4, 0.5) is 0 Å². The zero-order chi connectivity index (χ0) is 22.8. The third kappa shape index (κ3) is 4.13. The Hall–Kier alpha value is -3.55. The molecule has 6 nitrogen and oxygen atoms in total. The van der Waals surface area contributed by atoms with Crippen molar-refractivity contribution in [2.45, 2.75) is 4.90 Å². The first kappa shape index (κ1) is 21.3. The van der Waals surface area contributed by atoms with Crippen molar-refractivity contribution in [3.63, 3.8) is 0 Å². The molecule has 0 radical (unpaired) electrons. The summed E-state index contributed by atoms with van der Waals surface area (Å²) in [5.74, 6) is -0.109. The van der Waals surface area contributed by atoms with Gasteiger partial charge < -0.3 is 4.90 Å². The molecule has 0 bridgehead atoms. The predicted octanol–water partition coefficient (Wildman–Crippen LogP) is 4.05. The molecule has 1 aliphatic rings. The number of piperazine rings is 1. The van der Waals surface area contributed by atoms with E-state index in [1.807, 2.05) is 60.7 Å². The highest BCUT2D eigenvalue weighted by molar-refractivity contribution is 7.89. The highest BCUT2D eigenvalue weighted by Gasteiger charge is 2.31. The SMILES string of the molecule is O=C(c1cc(-c2ccccc2)nc2ccccc12)N1CCN(S(=O)(=O)c2ccccc2)CC1. The van der Waals surface area contributed by atoms with Crippen molar-refractivity contribution in [3.05, 3.63) is 96.6 Å². The molecule has 1 aliphatic heterocycles. The summed E-state index contributed by atoms with van der Waals surface area (Å²) in [5, 5.41) is 0.793. The number of amides is 1. The highest BCUT2D eigenvalue weighted by atomic mass is 32.2. The van der Waals surface area contributed by atoms with Crippen LogP contribution in [0.3, 0.4) is 0 Å². The van der Waals surface area contributed by atoms with E-state index in [1.165, 1.54) is 4.31 Å². The van der Waals surface area contributed by atoms with Gasteiger partial charge in [-0.2, -0.15) is 4.31 Å². The number of carbonyl (C=O) groups is 1. The van der Waals surface area contributed by atoms with Gasteiger partial charge in [0.2, 0.25) is 10.0 Å². The van der Waals surface area contributed by atoms with Crippen LogP contribution in [0.1, 0.15) is 10.4 Å². The lowest BCUT2D eigenvalue weighted by atomic mass is 10.0. The first-order chi connectivity index (χ1) is 16.0. The molecule has 1 amide bonds. The van der Waals surface area contributed by atoms with Crippen LogP contribution >= 0.6 is 0 Å². The fourth-order valence-corrected chi connectivity index (χ4v) is 5.60. The van der Waals surface area contributed by atoms with Gasteiger partial charge in [-0.1, -0.05) is 66.7 Å². The van der Waals surface area contributed by atoms with Crippen LogP contribution in [-0.4, -0.2) is 54.7 Å². The van der Waals surface area contributed by atoms with Crippen molar-refractivity contribution in [3.8, 4) is 11.3 Å². The third-order valence-electron chi connectivity index (χ3n) is 5.92. The van der Waals surface area contributed by atoms with Gasteiger partial charge in [0, 0.05) is 37.1 Å². The van der Waals surface area contributed by atoms with Gasteiger partial charge in [0.05, 0.1) is 21.7 Å². The molecule has 0 saturated carbocycles. The van der Waals surface area contributed by atoms with Crippen molar-refractivity contribution in [1.29, 1.82) is 0 Å². The van der Waals surface area contributed by atoms with Gasteiger partial charge in [-0.3, -0.25) is 4.79 Å². The normalized spacial score (nSPS) is 15.0. The molecular formula is C26H23N3O3S. The number of hydrogen-bond donors (Lipinski definition) is 0. The first-order valence-corrected chi connectivity index (χ1v) is 12.3. The van der Waals surface area contributed by atoms with E-state index in [9.17, 15) is 13.2 Å². The number of hydrogen-bond acceptors (Lipinski definition) is 4. The fourth-order valence-electron chi connectivity index (χ4n) is 4.15. The summed E-state index contributed by atoms with van der Waals surface area (Å²) in [6.07, 6.45) is 0. The van der Waals surface area contributed by atoms with Crippen LogP contribution in [0.2, 0.25) is 0 Å². The van der Waals surface area contributed by atoms with Crippen molar-refractivity contribution in [2.75, 3.05) is 26.2 Å². The van der Waals surface area contributed by atoms with Crippen LogP contribution in [0.25, 0.3) is 22.2 Å². The number of para-hydroxylation sites is 1. The number of sulfonamides is 1. The Morgan fingerprint density at radius 1 is 0.758 bits per heavy atom. The molecule has 1 aromatic heterocycles. The van der Waals surface area contributed by atoms with Gasteiger partial charge in [-0.05, 0) is 24.3 Å². The number of benzene rings is 3. The molecule has 1 fully saturated rings. The summed E-state index contributed by atoms with van der Waals surface area (Å²) in [6.45, 7) is 1.19. The molecule has 4 aromatic rings. The molecule has 5 rings (SSSR count). The minimum absolute atomic E-state index is 0.109. The Bertz CT molecular complexity index is 1400. The molecule has 3 aromatic carbocycles. The molecule has 0 spiro atoms. The molecule has 7 heteroatoms. The lowest BCUT2D eigenvalue weighted by molar-refractivity contribution is 0.0700. The zero-order valence-corrected chi connectivity index (χ0v) is 18.8. The fraction of sp³-hybridized carbons (Fsp3) is 0.154. The standard InChI is InChI=1S/C26H23N3O3S/c30-26(28-15-17-29(18-16-28)33(31,32)21-11-5-2-6-12-21)23-19-25(20-9-3-1-4-10-20)27-24-14-8-7-13-22(23)24/h1-14,19H,15-18H2. The van der Waals surface area contributed by atoms with Crippen LogP contribution in [0.5, 0.6) is 0 Å². The van der Waals surface area contributed by atoms with Crippen LogP contribution in [0, 0.1) is 0 Å². The second-order valence-corrected chi connectivity index (χ2v) is 9.89. The van der Waals surface area contributed by atoms with Crippen LogP contribution < -0.4 is 0 Å². The van der Waals surface area contributed by atoms with Gasteiger partial charge in [0.15, 0.2) is 0 Å². The van der Waals surface area contributed by atoms with Gasteiger partial charge in [-0.15, -0.1) is 0 Å². The van der Waals surface area contributed by atoms with E-state index in [0.29, 0.717) is 18.7 Å². The lowest BCUT2D eigenvalue weighted by Crippen LogP contribution is -2.50. The maximum Gasteiger partial charge on any atom is 0.254 e. The molecule has 166 valence electrons. The minimum atomic E-state index is -3.57. The second-order valence-electron chi connectivity index (χ2n) is 7.95. The summed E-state index contributed by atoms with van der Waals surface area (Å²) < 4.78 is 27.3. The molecule has 0 aliphatic carbocycles. The highest BCUT2D eigenvalue weighted by Crippen LogP contribution is 2.26. The number of carbonyl (C=O) groups excluding carboxylic acids is 1. The average Bonchev–Trinajstić information content (AvgIpc) is 2.88. The summed E-state index contributed by atoms with van der Waals surface area (Å²) in [5.41, 5.74) is 3.02. The maximum atomic E-state index is 13.6. The van der Waals surface area contributed by atoms with E-state index >= 15 is 0 Å². The van der Waals surface area contributed by atoms with Gasteiger partial charge in [0.1, 0.15) is 0 Å². The molecule has 0 unspecified atom stereocenters. The van der Waals surface area contributed by atoms with Crippen molar-refractivity contribution < 1.29 is 13.2 Å². The summed E-state index contributed by atoms with van der Waals surface area (Å²) in [4.78, 5) is 20.3. The third-order valence-corrected chi connectivity index (χ3v) is 7.84. The summed E-state index contributed by atoms with van der Waals surface area (Å²) in [7, 11) is -3.57. The Balaban J connectivity index is 1.42. The van der Waals surface area contributed by atoms with Crippen molar-refractivity contribution in [1.82, 2.24) is 14.2 Å². The smallest absolute Gasteiger partial charge is 0.254 e. The van der Waals surface area contributed by atoms with Gasteiger partial charge in [0.25, 0.3) is 5.91 Å². The Morgan fingerprint density at radius 2 is 1.36 bits per heavy atom. The summed E-state index contributed by atoms with van der Waals surface area (Å²) >= 11 is 0. The molecule has 0 N–H and O–H groups in total. The minimum Gasteiger partial charge on any atom is -0.336 e. The quantitative estimate of drug-likeness (QED) is 0.464. The van der Waals surface area contributed by atoms with E-state index in [0.717, 1.165) is 22.2 Å². The van der Waals surface area contributed by atoms with E-state index in [-0.39, 0.29) is 23.9 Å². The largest absolute Gasteiger partial charge is 0.336 e. The molecule has 33 heavy (non-hydrogen) atoms. The Kier molecular flexibility index (Phi) is 5.66. The number of pyridine rings is 1. The topological polar surface area (TPSA) is 70.6 Å². The van der Waals surface area contributed by atoms with E-state index in [4.69, 9.17) is 4.98 Å². The zero-order valence-electron chi connectivity index (χ0n) is 18.0. The molecule has 2 heterocycles. The first-order valence-electron chi connectivity index (χ1n) is 10.8. The van der Waals surface area contributed by atoms with E-state index in [1.54, 1.807) is 35.2 Å². The lowest BCUT2D eigenvalue weighted by Gasteiger charge is -2.34. The number of fused-ring (bicyclic) bond motifs is 1. The van der Waals surface area contributed by atoms with Crippen molar-refractivity contribution in [2.24, 2.45) is 0 Å². The van der Waals surface area contributed by atoms with Crippen molar-refractivity contribution >= 4 is 26.8 Å². The maximum absolute atomic E-state index is 13.6. The summed E-state index contributed by atoms with van der Waals surface area (Å²) in [6, 6.07) is 27.6. The van der Waals surface area contributed by atoms with Gasteiger partial charge >= 0.3 is 0 Å². The molecule has 0 atom stereocenters. The number of aromatic nitrogens is 1. The van der Waals surface area contributed by atoms with Crippen LogP contribution in [-0.2, 0) is 10.0 Å². The second kappa shape index (κ2) is 8.77. The Labute approximate surface area is 193 Å². The number of rotatable bonds is 4. The van der Waals surface area contributed by atoms with Crippen LogP contribution in [0.15, 0.2) is 95.9 Å². The predicted molar refractivity (Wildman–Crippen MR) is 128 cm³/mol. The monoisotopic (exact) mass is 457 g/mol. The van der Waals surface area contributed by atoms with E-state index < -0.39 is 10.0 Å². The number of nitrogens with zero attached hydrogens (tertiary/aromatic N) is 3. The average molecular weight is 458 g/mol. The molecular weight excluding hydrogens is 434 g/mol. The van der Waals surface area contributed by atoms with Gasteiger partial charge in [-0.25, -0.2) is 13.4 Å².